The lowest BCUT2D eigenvalue weighted by Crippen LogP contribution is -2.15. The molecule has 1 heterocycles. The van der Waals surface area contributed by atoms with Crippen LogP contribution in [0.15, 0.2) is 29.2 Å². The van der Waals surface area contributed by atoms with Gasteiger partial charge in [0.15, 0.2) is 0 Å². The number of aromatic carboxylic acids is 1. The largest absolute Gasteiger partial charge is 0.497 e. The molecule has 0 bridgehead atoms. The highest BCUT2D eigenvalue weighted by molar-refractivity contribution is 5.92. The Morgan fingerprint density at radius 3 is 2.81 bits per heavy atom. The molecule has 5 nitrogen and oxygen atoms in total. The van der Waals surface area contributed by atoms with Crippen LogP contribution in [0.4, 0.5) is 0 Å². The van der Waals surface area contributed by atoms with Gasteiger partial charge in [-0.1, -0.05) is 0 Å². The summed E-state index contributed by atoms with van der Waals surface area (Å²) in [5, 5.41) is 9.12. The van der Waals surface area contributed by atoms with E-state index in [-0.39, 0.29) is 5.56 Å². The number of rotatable bonds is 2. The number of aromatic nitrogens is 1. The first-order chi connectivity index (χ1) is 7.63. The van der Waals surface area contributed by atoms with E-state index in [1.54, 1.807) is 18.2 Å². The van der Waals surface area contributed by atoms with Crippen LogP contribution >= 0.6 is 0 Å². The van der Waals surface area contributed by atoms with Gasteiger partial charge < -0.3 is 14.8 Å². The zero-order chi connectivity index (χ0) is 11.7. The van der Waals surface area contributed by atoms with Crippen molar-refractivity contribution in [2.45, 2.75) is 0 Å². The number of H-pyrrole nitrogens is 1. The highest BCUT2D eigenvalue weighted by Gasteiger charge is 2.11. The number of pyridine rings is 1. The fourth-order valence-electron chi connectivity index (χ4n) is 1.49. The first kappa shape index (κ1) is 10.2. The third-order valence-electron chi connectivity index (χ3n) is 2.32. The van der Waals surface area contributed by atoms with E-state index in [2.05, 4.69) is 4.98 Å². The van der Waals surface area contributed by atoms with Gasteiger partial charge in [-0.05, 0) is 12.1 Å². The molecule has 0 spiro atoms. The molecule has 0 atom stereocenters. The quantitative estimate of drug-likeness (QED) is 0.796. The zero-order valence-corrected chi connectivity index (χ0v) is 8.48. The number of aromatic amines is 1. The fraction of sp³-hybridized carbons (Fsp3) is 0.0909. The molecule has 0 saturated carbocycles. The van der Waals surface area contributed by atoms with E-state index < -0.39 is 11.4 Å². The Bertz CT molecular complexity index is 615. The Morgan fingerprint density at radius 1 is 1.44 bits per heavy atom. The van der Waals surface area contributed by atoms with Gasteiger partial charge in [0.1, 0.15) is 11.3 Å². The lowest BCUT2D eigenvalue weighted by Gasteiger charge is -2.02. The predicted molar refractivity (Wildman–Crippen MR) is 58.1 cm³/mol. The molecule has 2 rings (SSSR count). The number of methoxy groups -OCH3 is 1. The first-order valence-electron chi connectivity index (χ1n) is 4.56. The summed E-state index contributed by atoms with van der Waals surface area (Å²) in [6.07, 6.45) is 1.19. The molecule has 0 aliphatic rings. The number of fused-ring (bicyclic) bond motifs is 1. The van der Waals surface area contributed by atoms with Crippen LogP contribution < -0.4 is 10.2 Å². The number of carboxylic acids is 1. The highest BCUT2D eigenvalue weighted by Crippen LogP contribution is 2.16. The van der Waals surface area contributed by atoms with E-state index >= 15 is 0 Å². The lowest BCUT2D eigenvalue weighted by molar-refractivity contribution is 0.0695. The van der Waals surface area contributed by atoms with Crippen LogP contribution in [0.5, 0.6) is 5.75 Å². The standard InChI is InChI=1S/C11H9NO4/c1-16-6-2-3-7-9(4-6)12-5-8(10(7)13)11(14)15/h2-5H,1H3,(H,12,13)(H,14,15). The van der Waals surface area contributed by atoms with Crippen molar-refractivity contribution in [1.29, 1.82) is 0 Å². The maximum atomic E-state index is 11.7. The Hall–Kier alpha value is -2.30. The number of ether oxygens (including phenoxy) is 1. The molecule has 1 aromatic carbocycles. The number of benzene rings is 1. The second kappa shape index (κ2) is 3.69. The minimum absolute atomic E-state index is 0.266. The van der Waals surface area contributed by atoms with Gasteiger partial charge in [0, 0.05) is 17.6 Å². The van der Waals surface area contributed by atoms with E-state index in [1.165, 1.54) is 13.3 Å². The first-order valence-corrected chi connectivity index (χ1v) is 4.56. The van der Waals surface area contributed by atoms with Crippen molar-refractivity contribution in [3.63, 3.8) is 0 Å². The second-order valence-corrected chi connectivity index (χ2v) is 3.25. The topological polar surface area (TPSA) is 79.4 Å². The molecule has 0 unspecified atom stereocenters. The minimum Gasteiger partial charge on any atom is -0.497 e. The summed E-state index contributed by atoms with van der Waals surface area (Å²) in [4.78, 5) is 25.2. The molecule has 0 aliphatic carbocycles. The van der Waals surface area contributed by atoms with E-state index in [0.29, 0.717) is 16.7 Å². The molecule has 0 saturated heterocycles. The van der Waals surface area contributed by atoms with Crippen molar-refractivity contribution in [2.75, 3.05) is 7.11 Å². The zero-order valence-electron chi connectivity index (χ0n) is 8.48. The van der Waals surface area contributed by atoms with Crippen LogP contribution in [0.25, 0.3) is 10.9 Å². The predicted octanol–water partition coefficient (Wildman–Crippen LogP) is 1.23. The van der Waals surface area contributed by atoms with Crippen LogP contribution in [0, 0.1) is 0 Å². The molecule has 0 aliphatic heterocycles. The van der Waals surface area contributed by atoms with E-state index in [4.69, 9.17) is 9.84 Å². The highest BCUT2D eigenvalue weighted by atomic mass is 16.5. The molecule has 2 aromatic rings. The maximum Gasteiger partial charge on any atom is 0.341 e. The van der Waals surface area contributed by atoms with Crippen molar-refractivity contribution in [1.82, 2.24) is 4.98 Å². The molecule has 16 heavy (non-hydrogen) atoms. The van der Waals surface area contributed by atoms with E-state index in [9.17, 15) is 9.59 Å². The molecule has 2 N–H and O–H groups in total. The van der Waals surface area contributed by atoms with Gasteiger partial charge in [-0.2, -0.15) is 0 Å². The Labute approximate surface area is 90.3 Å². The molecular weight excluding hydrogens is 210 g/mol. The number of carboxylic acid groups (broad SMARTS) is 1. The summed E-state index contributed by atoms with van der Waals surface area (Å²) >= 11 is 0. The number of hydrogen-bond acceptors (Lipinski definition) is 3. The molecular formula is C11H9NO4. The van der Waals surface area contributed by atoms with Crippen LogP contribution in [0.1, 0.15) is 10.4 Å². The molecule has 5 heteroatoms. The Morgan fingerprint density at radius 2 is 2.19 bits per heavy atom. The van der Waals surface area contributed by atoms with Crippen molar-refractivity contribution < 1.29 is 14.6 Å². The van der Waals surface area contributed by atoms with Crippen molar-refractivity contribution >= 4 is 16.9 Å². The van der Waals surface area contributed by atoms with E-state index in [0.717, 1.165) is 0 Å². The second-order valence-electron chi connectivity index (χ2n) is 3.25. The smallest absolute Gasteiger partial charge is 0.341 e. The molecule has 1 aromatic heterocycles. The van der Waals surface area contributed by atoms with Gasteiger partial charge in [-0.25, -0.2) is 4.79 Å². The van der Waals surface area contributed by atoms with Crippen LogP contribution in [0.3, 0.4) is 0 Å². The average Bonchev–Trinajstić information content (AvgIpc) is 2.28. The minimum atomic E-state index is -1.24. The van der Waals surface area contributed by atoms with Gasteiger partial charge in [0.2, 0.25) is 5.43 Å². The van der Waals surface area contributed by atoms with Crippen molar-refractivity contribution in [3.8, 4) is 5.75 Å². The summed E-state index contributed by atoms with van der Waals surface area (Å²) < 4.78 is 5.00. The summed E-state index contributed by atoms with van der Waals surface area (Å²) in [7, 11) is 1.52. The Balaban J connectivity index is 2.77. The monoisotopic (exact) mass is 219 g/mol. The summed E-state index contributed by atoms with van der Waals surface area (Å²) in [5.74, 6) is -0.634. The van der Waals surface area contributed by atoms with Gasteiger partial charge in [-0.3, -0.25) is 4.79 Å². The van der Waals surface area contributed by atoms with Crippen molar-refractivity contribution in [3.05, 3.63) is 40.2 Å². The molecule has 0 fully saturated rings. The lowest BCUT2D eigenvalue weighted by atomic mass is 10.1. The number of hydrogen-bond donors (Lipinski definition) is 2. The summed E-state index contributed by atoms with van der Waals surface area (Å²) in [5.41, 5.74) is -0.212. The third kappa shape index (κ3) is 1.52. The van der Waals surface area contributed by atoms with Gasteiger partial charge in [0.05, 0.1) is 12.6 Å². The van der Waals surface area contributed by atoms with Crippen LogP contribution in [-0.4, -0.2) is 23.2 Å². The molecule has 0 amide bonds. The maximum absolute atomic E-state index is 11.7. The summed E-state index contributed by atoms with van der Waals surface area (Å²) in [6, 6.07) is 4.80. The normalized spacial score (nSPS) is 10.3. The van der Waals surface area contributed by atoms with Gasteiger partial charge in [-0.15, -0.1) is 0 Å². The molecule has 82 valence electrons. The van der Waals surface area contributed by atoms with E-state index in [1.807, 2.05) is 0 Å². The number of nitrogens with one attached hydrogen (secondary N) is 1. The SMILES string of the molecule is COc1ccc2c(=O)c(C(=O)O)c[nH]c2c1. The van der Waals surface area contributed by atoms with Gasteiger partial charge in [0.25, 0.3) is 0 Å². The molecule has 0 radical (unpaired) electrons. The van der Waals surface area contributed by atoms with Gasteiger partial charge >= 0.3 is 5.97 Å². The number of carbonyl (C=O) groups is 1. The fourth-order valence-corrected chi connectivity index (χ4v) is 1.49. The summed E-state index contributed by atoms with van der Waals surface area (Å²) in [6.45, 7) is 0. The third-order valence-corrected chi connectivity index (χ3v) is 2.32. The van der Waals surface area contributed by atoms with Crippen molar-refractivity contribution in [2.24, 2.45) is 0 Å². The average molecular weight is 219 g/mol. The van der Waals surface area contributed by atoms with Crippen LogP contribution in [-0.2, 0) is 0 Å². The van der Waals surface area contributed by atoms with Crippen LogP contribution in [0.2, 0.25) is 0 Å². The Kier molecular flexibility index (Phi) is 2.36.